The summed E-state index contributed by atoms with van der Waals surface area (Å²) in [6.45, 7) is 0. The molecule has 6 nitrogen and oxygen atoms in total. The normalized spacial score (nSPS) is 10.9. The molecule has 0 saturated carbocycles. The highest BCUT2D eigenvalue weighted by molar-refractivity contribution is 5.70. The van der Waals surface area contributed by atoms with Crippen LogP contribution in [0, 0.1) is 0 Å². The van der Waals surface area contributed by atoms with E-state index in [9.17, 15) is 0 Å². The molecule has 0 amide bonds. The van der Waals surface area contributed by atoms with E-state index >= 15 is 0 Å². The van der Waals surface area contributed by atoms with Gasteiger partial charge in [-0.2, -0.15) is 0 Å². The highest BCUT2D eigenvalue weighted by Crippen LogP contribution is 2.12. The molecule has 3 aromatic heterocycles. The summed E-state index contributed by atoms with van der Waals surface area (Å²) in [4.78, 5) is 12.1. The monoisotopic (exact) mass is 187 g/mol. The smallest absolute Gasteiger partial charge is 0.182 e. The molecule has 0 saturated heterocycles. The zero-order chi connectivity index (χ0) is 9.38. The Morgan fingerprint density at radius 2 is 2.29 bits per heavy atom. The van der Waals surface area contributed by atoms with Gasteiger partial charge in [0.15, 0.2) is 11.5 Å². The van der Waals surface area contributed by atoms with Crippen LogP contribution in [0.15, 0.2) is 35.7 Å². The second-order valence-electron chi connectivity index (χ2n) is 2.70. The van der Waals surface area contributed by atoms with Gasteiger partial charge >= 0.3 is 0 Å². The van der Waals surface area contributed by atoms with Gasteiger partial charge in [0, 0.05) is 6.07 Å². The third-order valence-corrected chi connectivity index (χ3v) is 1.88. The minimum atomic E-state index is 0.659. The summed E-state index contributed by atoms with van der Waals surface area (Å²) in [6, 6.07) is 1.74. The highest BCUT2D eigenvalue weighted by atomic mass is 16.5. The van der Waals surface area contributed by atoms with Crippen molar-refractivity contribution >= 4 is 11.2 Å². The molecular formula is C8H5N5O. The molecule has 0 atom stereocenters. The first-order chi connectivity index (χ1) is 6.95. The van der Waals surface area contributed by atoms with Crippen LogP contribution in [0.1, 0.15) is 0 Å². The fraction of sp³-hybridized carbons (Fsp3) is 0. The fourth-order valence-electron chi connectivity index (χ4n) is 1.27. The number of imidazole rings is 1. The number of nitrogens with zero attached hydrogens (tertiary/aromatic N) is 5. The van der Waals surface area contributed by atoms with Crippen molar-refractivity contribution in [3.8, 4) is 5.82 Å². The van der Waals surface area contributed by atoms with Crippen LogP contribution in [0.3, 0.4) is 0 Å². The van der Waals surface area contributed by atoms with Gasteiger partial charge in [0.25, 0.3) is 0 Å². The molecule has 0 fully saturated rings. The van der Waals surface area contributed by atoms with Gasteiger partial charge in [-0.25, -0.2) is 15.0 Å². The van der Waals surface area contributed by atoms with Crippen LogP contribution in [0.2, 0.25) is 0 Å². The maximum absolute atomic E-state index is 4.75. The summed E-state index contributed by atoms with van der Waals surface area (Å²) in [6.07, 6.45) is 6.26. The van der Waals surface area contributed by atoms with Crippen LogP contribution in [0.25, 0.3) is 17.0 Å². The van der Waals surface area contributed by atoms with E-state index in [1.54, 1.807) is 23.2 Å². The number of rotatable bonds is 1. The number of fused-ring (bicyclic) bond motifs is 1. The Bertz CT molecular complexity index is 556. The van der Waals surface area contributed by atoms with Gasteiger partial charge in [0.1, 0.15) is 24.4 Å². The van der Waals surface area contributed by atoms with Crippen molar-refractivity contribution in [1.82, 2.24) is 24.7 Å². The molecule has 0 spiro atoms. The van der Waals surface area contributed by atoms with Crippen LogP contribution >= 0.6 is 0 Å². The maximum Gasteiger partial charge on any atom is 0.182 e. The highest BCUT2D eigenvalue weighted by Gasteiger charge is 2.06. The first kappa shape index (κ1) is 7.19. The average molecular weight is 187 g/mol. The summed E-state index contributed by atoms with van der Waals surface area (Å²) in [5.41, 5.74) is 1.45. The van der Waals surface area contributed by atoms with E-state index in [0.29, 0.717) is 11.5 Å². The minimum Gasteiger partial charge on any atom is -0.363 e. The first-order valence-corrected chi connectivity index (χ1v) is 3.99. The molecule has 14 heavy (non-hydrogen) atoms. The molecule has 0 radical (unpaired) electrons. The standard InChI is InChI=1S/C8H5N5O/c1-2-14-12-7(1)13-5-11-6-3-9-4-10-8(6)13/h1-5H. The summed E-state index contributed by atoms with van der Waals surface area (Å²) >= 11 is 0. The van der Waals surface area contributed by atoms with Gasteiger partial charge in [0.05, 0.1) is 6.20 Å². The zero-order valence-corrected chi connectivity index (χ0v) is 7.03. The fourth-order valence-corrected chi connectivity index (χ4v) is 1.27. The van der Waals surface area contributed by atoms with E-state index in [1.807, 2.05) is 0 Å². The second-order valence-corrected chi connectivity index (χ2v) is 2.70. The predicted molar refractivity (Wildman–Crippen MR) is 46.7 cm³/mol. The van der Waals surface area contributed by atoms with Crippen molar-refractivity contribution in [1.29, 1.82) is 0 Å². The number of hydrogen-bond acceptors (Lipinski definition) is 5. The van der Waals surface area contributed by atoms with Gasteiger partial charge in [0.2, 0.25) is 0 Å². The molecule has 0 aromatic carbocycles. The maximum atomic E-state index is 4.75. The van der Waals surface area contributed by atoms with Crippen molar-refractivity contribution in [3.63, 3.8) is 0 Å². The van der Waals surface area contributed by atoms with Gasteiger partial charge in [-0.1, -0.05) is 5.16 Å². The molecule has 6 heteroatoms. The van der Waals surface area contributed by atoms with E-state index < -0.39 is 0 Å². The van der Waals surface area contributed by atoms with Crippen molar-refractivity contribution in [2.45, 2.75) is 0 Å². The Balaban J connectivity index is 2.33. The lowest BCUT2D eigenvalue weighted by Gasteiger charge is -1.94. The Morgan fingerprint density at radius 1 is 1.29 bits per heavy atom. The van der Waals surface area contributed by atoms with Crippen molar-refractivity contribution < 1.29 is 4.52 Å². The number of hydrogen-bond donors (Lipinski definition) is 0. The largest absolute Gasteiger partial charge is 0.363 e. The van der Waals surface area contributed by atoms with Crippen molar-refractivity contribution in [2.75, 3.05) is 0 Å². The van der Waals surface area contributed by atoms with Gasteiger partial charge < -0.3 is 4.52 Å². The minimum absolute atomic E-state index is 0.659. The Kier molecular flexibility index (Phi) is 1.35. The zero-order valence-electron chi connectivity index (χ0n) is 7.03. The van der Waals surface area contributed by atoms with E-state index in [0.717, 1.165) is 5.52 Å². The molecule has 68 valence electrons. The van der Waals surface area contributed by atoms with E-state index in [1.165, 1.54) is 12.6 Å². The lowest BCUT2D eigenvalue weighted by molar-refractivity contribution is 0.417. The van der Waals surface area contributed by atoms with Crippen molar-refractivity contribution in [3.05, 3.63) is 31.2 Å². The molecular weight excluding hydrogens is 182 g/mol. The quantitative estimate of drug-likeness (QED) is 0.563. The summed E-state index contributed by atoms with van der Waals surface area (Å²) in [7, 11) is 0. The molecule has 3 aromatic rings. The predicted octanol–water partition coefficient (Wildman–Crippen LogP) is 0.803. The van der Waals surface area contributed by atoms with Gasteiger partial charge in [-0.3, -0.25) is 4.57 Å². The van der Waals surface area contributed by atoms with Crippen LogP contribution in [0.5, 0.6) is 0 Å². The molecule has 0 aliphatic carbocycles. The Labute approximate surface area is 78.2 Å². The molecule has 0 N–H and O–H groups in total. The molecule has 0 unspecified atom stereocenters. The number of aromatic nitrogens is 5. The first-order valence-electron chi connectivity index (χ1n) is 3.99. The van der Waals surface area contributed by atoms with Crippen LogP contribution < -0.4 is 0 Å². The summed E-state index contributed by atoms with van der Waals surface area (Å²) in [5.74, 6) is 0.659. The molecule has 3 heterocycles. The third-order valence-electron chi connectivity index (χ3n) is 1.88. The third kappa shape index (κ3) is 0.905. The lowest BCUT2D eigenvalue weighted by Crippen LogP contribution is -1.93. The molecule has 0 aliphatic heterocycles. The molecule has 0 aliphatic rings. The topological polar surface area (TPSA) is 69.6 Å². The van der Waals surface area contributed by atoms with E-state index in [-0.39, 0.29) is 0 Å². The van der Waals surface area contributed by atoms with Gasteiger partial charge in [-0.15, -0.1) is 0 Å². The second kappa shape index (κ2) is 2.63. The van der Waals surface area contributed by atoms with Crippen molar-refractivity contribution in [2.24, 2.45) is 0 Å². The van der Waals surface area contributed by atoms with Crippen LogP contribution in [0.4, 0.5) is 0 Å². The van der Waals surface area contributed by atoms with Crippen LogP contribution in [-0.4, -0.2) is 24.7 Å². The van der Waals surface area contributed by atoms with E-state index in [2.05, 4.69) is 20.1 Å². The lowest BCUT2D eigenvalue weighted by atomic mass is 10.5. The Morgan fingerprint density at radius 3 is 3.14 bits per heavy atom. The SMILES string of the molecule is c1ncc2ncn(-c3ccon3)c2n1. The van der Waals surface area contributed by atoms with Gasteiger partial charge in [-0.05, 0) is 0 Å². The molecule has 3 rings (SSSR count). The summed E-state index contributed by atoms with van der Waals surface area (Å²) in [5, 5.41) is 3.80. The molecule has 0 bridgehead atoms. The average Bonchev–Trinajstić information content (AvgIpc) is 2.85. The Hall–Kier alpha value is -2.24. The van der Waals surface area contributed by atoms with E-state index in [4.69, 9.17) is 4.52 Å². The van der Waals surface area contributed by atoms with Crippen LogP contribution in [-0.2, 0) is 0 Å². The summed E-state index contributed by atoms with van der Waals surface area (Å²) < 4.78 is 6.48.